The molecule has 5 nitrogen and oxygen atoms in total. The fraction of sp³-hybridized carbons (Fsp3) is 1.00. The molecule has 22 heavy (non-hydrogen) atoms. The fourth-order valence-corrected chi connectivity index (χ4v) is 4.81. The molecule has 2 rings (SSSR count). The molecule has 0 radical (unpaired) electrons. The standard InChI is InChI=1S/C17H33NO4/c1-16(2)13-4-5-17(3,10-13)15(16)22-12-14(21)11-18(6-8-19)7-9-20/h13-15,19-21H,4-12H2,1-3H3/t13-,14-,15-,17+/m1/s1. The van der Waals surface area contributed by atoms with Gasteiger partial charge in [0, 0.05) is 19.6 Å². The minimum Gasteiger partial charge on any atom is -0.395 e. The molecule has 0 aromatic heterocycles. The third-order valence-corrected chi connectivity index (χ3v) is 5.89. The van der Waals surface area contributed by atoms with E-state index in [4.69, 9.17) is 14.9 Å². The Kier molecular flexibility index (Phi) is 5.89. The van der Waals surface area contributed by atoms with Crippen molar-refractivity contribution in [3.63, 3.8) is 0 Å². The van der Waals surface area contributed by atoms with Crippen molar-refractivity contribution in [2.24, 2.45) is 16.7 Å². The Hall–Kier alpha value is -0.200. The highest BCUT2D eigenvalue weighted by Crippen LogP contribution is 2.63. The summed E-state index contributed by atoms with van der Waals surface area (Å²) >= 11 is 0. The van der Waals surface area contributed by atoms with Crippen LogP contribution in [0.25, 0.3) is 0 Å². The molecule has 2 aliphatic rings. The molecule has 0 saturated heterocycles. The molecule has 0 aromatic rings. The van der Waals surface area contributed by atoms with E-state index in [1.165, 1.54) is 19.3 Å². The van der Waals surface area contributed by atoms with Crippen LogP contribution in [0, 0.1) is 16.7 Å². The largest absolute Gasteiger partial charge is 0.395 e. The van der Waals surface area contributed by atoms with Gasteiger partial charge >= 0.3 is 0 Å². The van der Waals surface area contributed by atoms with Gasteiger partial charge in [-0.25, -0.2) is 0 Å². The summed E-state index contributed by atoms with van der Waals surface area (Å²) < 4.78 is 6.17. The van der Waals surface area contributed by atoms with E-state index in [1.807, 2.05) is 4.90 Å². The Bertz CT molecular complexity index is 352. The van der Waals surface area contributed by atoms with Gasteiger partial charge in [-0.2, -0.15) is 0 Å². The molecule has 2 saturated carbocycles. The topological polar surface area (TPSA) is 73.2 Å². The monoisotopic (exact) mass is 315 g/mol. The lowest BCUT2D eigenvalue weighted by molar-refractivity contribution is -0.113. The van der Waals surface area contributed by atoms with Crippen LogP contribution in [0.2, 0.25) is 0 Å². The summed E-state index contributed by atoms with van der Waals surface area (Å²) in [7, 11) is 0. The maximum absolute atomic E-state index is 10.2. The quantitative estimate of drug-likeness (QED) is 0.589. The maximum Gasteiger partial charge on any atom is 0.0900 e. The summed E-state index contributed by atoms with van der Waals surface area (Å²) in [5.41, 5.74) is 0.437. The predicted molar refractivity (Wildman–Crippen MR) is 85.6 cm³/mol. The van der Waals surface area contributed by atoms with Crippen LogP contribution in [0.1, 0.15) is 40.0 Å². The van der Waals surface area contributed by atoms with Crippen LogP contribution in [-0.2, 0) is 4.74 Å². The summed E-state index contributed by atoms with van der Waals surface area (Å²) in [4.78, 5) is 1.86. The first-order valence-corrected chi connectivity index (χ1v) is 8.57. The van der Waals surface area contributed by atoms with E-state index in [0.717, 1.165) is 5.92 Å². The Morgan fingerprint density at radius 2 is 1.82 bits per heavy atom. The third-order valence-electron chi connectivity index (χ3n) is 5.89. The lowest BCUT2D eigenvalue weighted by atomic mass is 9.70. The maximum atomic E-state index is 10.2. The molecule has 0 aliphatic heterocycles. The van der Waals surface area contributed by atoms with Crippen molar-refractivity contribution in [1.82, 2.24) is 4.90 Å². The van der Waals surface area contributed by atoms with Gasteiger partial charge in [0.25, 0.3) is 0 Å². The lowest BCUT2D eigenvalue weighted by Gasteiger charge is -2.42. The number of rotatable bonds is 9. The first kappa shape index (κ1) is 18.1. The van der Waals surface area contributed by atoms with Gasteiger partial charge < -0.3 is 20.1 Å². The van der Waals surface area contributed by atoms with Crippen LogP contribution < -0.4 is 0 Å². The second-order valence-corrected chi connectivity index (χ2v) is 8.03. The number of aliphatic hydroxyl groups excluding tert-OH is 3. The van der Waals surface area contributed by atoms with Crippen LogP contribution in [0.5, 0.6) is 0 Å². The number of aliphatic hydroxyl groups is 3. The van der Waals surface area contributed by atoms with Crippen LogP contribution in [0.4, 0.5) is 0 Å². The number of hydrogen-bond donors (Lipinski definition) is 3. The summed E-state index contributed by atoms with van der Waals surface area (Å²) in [6.45, 7) is 8.65. The van der Waals surface area contributed by atoms with Crippen molar-refractivity contribution in [1.29, 1.82) is 0 Å². The van der Waals surface area contributed by atoms with Crippen molar-refractivity contribution in [3.8, 4) is 0 Å². The van der Waals surface area contributed by atoms with Gasteiger partial charge in [-0.1, -0.05) is 20.8 Å². The molecule has 0 heterocycles. The third kappa shape index (κ3) is 3.65. The van der Waals surface area contributed by atoms with Gasteiger partial charge in [0.05, 0.1) is 32.0 Å². The van der Waals surface area contributed by atoms with E-state index < -0.39 is 6.10 Å². The van der Waals surface area contributed by atoms with Gasteiger partial charge in [0.2, 0.25) is 0 Å². The molecule has 2 bridgehead atoms. The zero-order chi connectivity index (χ0) is 16.4. The van der Waals surface area contributed by atoms with Crippen molar-refractivity contribution in [2.75, 3.05) is 39.5 Å². The van der Waals surface area contributed by atoms with Crippen molar-refractivity contribution < 1.29 is 20.1 Å². The van der Waals surface area contributed by atoms with Crippen LogP contribution in [-0.4, -0.2) is 71.9 Å². The number of hydrogen-bond acceptors (Lipinski definition) is 5. The minimum atomic E-state index is -0.586. The molecule has 5 heteroatoms. The molecule has 0 amide bonds. The Morgan fingerprint density at radius 3 is 2.32 bits per heavy atom. The predicted octanol–water partition coefficient (Wildman–Crippen LogP) is 0.865. The summed E-state index contributed by atoms with van der Waals surface area (Å²) in [5, 5.41) is 28.3. The summed E-state index contributed by atoms with van der Waals surface area (Å²) in [5.74, 6) is 0.736. The van der Waals surface area contributed by atoms with Gasteiger partial charge in [0.15, 0.2) is 0 Å². The SMILES string of the molecule is CC1(C)[C@@H]2CC[C@@](C)(C2)[C@@H]1OC[C@H](O)CN(CCO)CCO. The van der Waals surface area contributed by atoms with E-state index in [2.05, 4.69) is 20.8 Å². The van der Waals surface area contributed by atoms with E-state index in [9.17, 15) is 5.11 Å². The van der Waals surface area contributed by atoms with E-state index in [1.54, 1.807) is 0 Å². The summed E-state index contributed by atoms with van der Waals surface area (Å²) in [6.07, 6.45) is 3.38. The highest BCUT2D eigenvalue weighted by atomic mass is 16.5. The molecule has 0 unspecified atom stereocenters. The van der Waals surface area contributed by atoms with E-state index in [-0.39, 0.29) is 30.1 Å². The highest BCUT2D eigenvalue weighted by molar-refractivity contribution is 5.09. The van der Waals surface area contributed by atoms with E-state index >= 15 is 0 Å². The van der Waals surface area contributed by atoms with Crippen molar-refractivity contribution in [3.05, 3.63) is 0 Å². The van der Waals surface area contributed by atoms with Crippen LogP contribution in [0.15, 0.2) is 0 Å². The Labute approximate surface area is 134 Å². The normalized spacial score (nSPS) is 34.5. The first-order valence-electron chi connectivity index (χ1n) is 8.57. The molecule has 3 N–H and O–H groups in total. The van der Waals surface area contributed by atoms with Crippen LogP contribution >= 0.6 is 0 Å². The molecule has 130 valence electrons. The van der Waals surface area contributed by atoms with Crippen molar-refractivity contribution >= 4 is 0 Å². The van der Waals surface area contributed by atoms with Crippen molar-refractivity contribution in [2.45, 2.75) is 52.2 Å². The van der Waals surface area contributed by atoms with Gasteiger partial charge in [-0.3, -0.25) is 4.90 Å². The number of fused-ring (bicyclic) bond motifs is 2. The summed E-state index contributed by atoms with van der Waals surface area (Å²) in [6, 6.07) is 0. The van der Waals surface area contributed by atoms with Crippen LogP contribution in [0.3, 0.4) is 0 Å². The van der Waals surface area contributed by atoms with E-state index in [0.29, 0.717) is 26.2 Å². The molecule has 0 spiro atoms. The van der Waals surface area contributed by atoms with Gasteiger partial charge in [-0.05, 0) is 36.0 Å². The fourth-order valence-electron chi connectivity index (χ4n) is 4.81. The zero-order valence-electron chi connectivity index (χ0n) is 14.3. The average molecular weight is 315 g/mol. The lowest BCUT2D eigenvalue weighted by Crippen LogP contribution is -2.45. The average Bonchev–Trinajstić information content (AvgIpc) is 2.90. The number of ether oxygens (including phenoxy) is 1. The van der Waals surface area contributed by atoms with Gasteiger partial charge in [-0.15, -0.1) is 0 Å². The molecule has 2 fully saturated rings. The second kappa shape index (κ2) is 7.14. The molecular formula is C17H33NO4. The molecular weight excluding hydrogens is 282 g/mol. The smallest absolute Gasteiger partial charge is 0.0900 e. The molecule has 0 aromatic carbocycles. The highest BCUT2D eigenvalue weighted by Gasteiger charge is 2.60. The minimum absolute atomic E-state index is 0.0307. The van der Waals surface area contributed by atoms with Gasteiger partial charge in [0.1, 0.15) is 0 Å². The Balaban J connectivity index is 1.84. The zero-order valence-corrected chi connectivity index (χ0v) is 14.3. The number of nitrogens with zero attached hydrogens (tertiary/aromatic N) is 1. The molecule has 2 aliphatic carbocycles. The second-order valence-electron chi connectivity index (χ2n) is 8.03. The first-order chi connectivity index (χ1) is 10.3. The Morgan fingerprint density at radius 1 is 1.18 bits per heavy atom. The molecule has 4 atom stereocenters.